The minimum Gasteiger partial charge on any atom is -0.474 e. The Labute approximate surface area is 177 Å². The van der Waals surface area contributed by atoms with Crippen LogP contribution < -0.4 is 26.8 Å². The number of carbonyl (C=O) groups is 1. The van der Waals surface area contributed by atoms with Crippen LogP contribution in [0.5, 0.6) is 5.88 Å². The summed E-state index contributed by atoms with van der Waals surface area (Å²) in [6.45, 7) is 0.785. The molecular weight excluding hydrogens is 405 g/mol. The van der Waals surface area contributed by atoms with E-state index in [0.717, 1.165) is 0 Å². The highest BCUT2D eigenvalue weighted by Crippen LogP contribution is 2.20. The summed E-state index contributed by atoms with van der Waals surface area (Å²) in [6.07, 6.45) is 2.85. The van der Waals surface area contributed by atoms with Crippen molar-refractivity contribution >= 4 is 28.9 Å². The van der Waals surface area contributed by atoms with Crippen molar-refractivity contribution in [1.82, 2.24) is 15.0 Å². The van der Waals surface area contributed by atoms with Crippen LogP contribution in [0, 0.1) is 5.82 Å². The van der Waals surface area contributed by atoms with Crippen molar-refractivity contribution in [1.29, 1.82) is 0 Å². The summed E-state index contributed by atoms with van der Waals surface area (Å²) in [5.41, 5.74) is 12.8. The third-order valence-corrected chi connectivity index (χ3v) is 4.14. The highest BCUT2D eigenvalue weighted by Gasteiger charge is 2.15. The first kappa shape index (κ1) is 21.7. The molecular formula is C20H22FN7O3. The number of aromatic nitrogens is 3. The summed E-state index contributed by atoms with van der Waals surface area (Å²) in [5, 5.41) is 5.65. The van der Waals surface area contributed by atoms with Gasteiger partial charge in [-0.2, -0.15) is 4.98 Å². The molecule has 1 aromatic carbocycles. The summed E-state index contributed by atoms with van der Waals surface area (Å²) in [4.78, 5) is 24.5. The van der Waals surface area contributed by atoms with Crippen molar-refractivity contribution in [2.45, 2.75) is 6.54 Å². The zero-order valence-electron chi connectivity index (χ0n) is 16.8. The molecule has 0 atom stereocenters. The number of nitrogens with one attached hydrogen (secondary N) is 2. The van der Waals surface area contributed by atoms with E-state index in [1.54, 1.807) is 25.4 Å². The van der Waals surface area contributed by atoms with Crippen LogP contribution in [0.2, 0.25) is 0 Å². The second-order valence-corrected chi connectivity index (χ2v) is 6.33. The van der Waals surface area contributed by atoms with E-state index in [4.69, 9.17) is 20.9 Å². The number of amides is 1. The molecule has 0 saturated carbocycles. The summed E-state index contributed by atoms with van der Waals surface area (Å²) in [6, 6.07) is 7.63. The molecule has 2 aromatic heterocycles. The van der Waals surface area contributed by atoms with Crippen molar-refractivity contribution in [3.05, 3.63) is 59.8 Å². The minimum atomic E-state index is -0.588. The SMILES string of the molecule is COCCOc1cnc(C(=O)Nc2ccc(F)c(CNc3cccnc3N)c2)c(N)n1. The van der Waals surface area contributed by atoms with Gasteiger partial charge in [0.2, 0.25) is 5.88 Å². The number of hydrogen-bond donors (Lipinski definition) is 4. The minimum absolute atomic E-state index is 0.0776. The lowest BCUT2D eigenvalue weighted by atomic mass is 10.1. The third kappa shape index (κ3) is 5.76. The Morgan fingerprint density at radius 1 is 1.16 bits per heavy atom. The van der Waals surface area contributed by atoms with Gasteiger partial charge in [-0.1, -0.05) is 0 Å². The Balaban J connectivity index is 1.67. The topological polar surface area (TPSA) is 150 Å². The first-order valence-corrected chi connectivity index (χ1v) is 9.26. The molecule has 0 aliphatic carbocycles. The van der Waals surface area contributed by atoms with Crippen LogP contribution in [-0.4, -0.2) is 41.2 Å². The molecule has 10 nitrogen and oxygen atoms in total. The largest absolute Gasteiger partial charge is 0.474 e. The number of rotatable bonds is 9. The molecule has 162 valence electrons. The number of hydrogen-bond acceptors (Lipinski definition) is 9. The molecule has 0 aliphatic heterocycles. The van der Waals surface area contributed by atoms with Crippen molar-refractivity contribution in [2.24, 2.45) is 0 Å². The number of methoxy groups -OCH3 is 1. The summed E-state index contributed by atoms with van der Waals surface area (Å²) in [7, 11) is 1.54. The second-order valence-electron chi connectivity index (χ2n) is 6.33. The Kier molecular flexibility index (Phi) is 7.12. The number of nitrogens with zero attached hydrogens (tertiary/aromatic N) is 3. The van der Waals surface area contributed by atoms with Gasteiger partial charge in [-0.05, 0) is 30.3 Å². The van der Waals surface area contributed by atoms with E-state index >= 15 is 0 Å². The Hall–Kier alpha value is -3.99. The van der Waals surface area contributed by atoms with Gasteiger partial charge in [0.1, 0.15) is 18.2 Å². The average molecular weight is 427 g/mol. The van der Waals surface area contributed by atoms with Crippen LogP contribution in [0.15, 0.2) is 42.7 Å². The van der Waals surface area contributed by atoms with Crippen molar-refractivity contribution in [3.8, 4) is 5.88 Å². The first-order chi connectivity index (χ1) is 15.0. The maximum Gasteiger partial charge on any atom is 0.278 e. The van der Waals surface area contributed by atoms with Gasteiger partial charge in [-0.3, -0.25) is 4.79 Å². The molecule has 0 aliphatic rings. The van der Waals surface area contributed by atoms with E-state index in [1.165, 1.54) is 24.4 Å². The molecule has 2 heterocycles. The first-order valence-electron chi connectivity index (χ1n) is 9.26. The Morgan fingerprint density at radius 3 is 2.74 bits per heavy atom. The van der Waals surface area contributed by atoms with Crippen LogP contribution in [0.1, 0.15) is 16.1 Å². The zero-order chi connectivity index (χ0) is 22.2. The van der Waals surface area contributed by atoms with E-state index in [-0.39, 0.29) is 30.5 Å². The standard InChI is InChI=1S/C20H22FN7O3/c1-30-7-8-31-16-11-26-17(19(23)28-16)20(29)27-13-4-5-14(21)12(9-13)10-25-15-3-2-6-24-18(15)22/h2-6,9,11,25H,7-8,10H2,1H3,(H2,22,24)(H2,23,28)(H,27,29). The van der Waals surface area contributed by atoms with E-state index < -0.39 is 11.7 Å². The van der Waals surface area contributed by atoms with Gasteiger partial charge in [-0.15, -0.1) is 0 Å². The highest BCUT2D eigenvalue weighted by molar-refractivity contribution is 6.05. The monoisotopic (exact) mass is 427 g/mol. The van der Waals surface area contributed by atoms with Crippen molar-refractivity contribution < 1.29 is 18.7 Å². The fraction of sp³-hybridized carbons (Fsp3) is 0.200. The van der Waals surface area contributed by atoms with Crippen LogP contribution in [-0.2, 0) is 11.3 Å². The maximum atomic E-state index is 14.2. The molecule has 3 aromatic rings. The van der Waals surface area contributed by atoms with Crippen molar-refractivity contribution in [2.75, 3.05) is 42.4 Å². The van der Waals surface area contributed by atoms with Crippen LogP contribution in [0.25, 0.3) is 0 Å². The molecule has 0 saturated heterocycles. The van der Waals surface area contributed by atoms with Crippen LogP contribution >= 0.6 is 0 Å². The molecule has 6 N–H and O–H groups in total. The van der Waals surface area contributed by atoms with Gasteiger partial charge in [0.15, 0.2) is 11.5 Å². The fourth-order valence-electron chi connectivity index (χ4n) is 2.60. The summed E-state index contributed by atoms with van der Waals surface area (Å²) in [5.74, 6) is -0.643. The Morgan fingerprint density at radius 2 is 2.00 bits per heavy atom. The van der Waals surface area contributed by atoms with E-state index in [2.05, 4.69) is 25.6 Å². The molecule has 11 heteroatoms. The molecule has 3 rings (SSSR count). The third-order valence-electron chi connectivity index (χ3n) is 4.14. The van der Waals surface area contributed by atoms with E-state index in [9.17, 15) is 9.18 Å². The molecule has 0 spiro atoms. The summed E-state index contributed by atoms with van der Waals surface area (Å²) >= 11 is 0. The smallest absolute Gasteiger partial charge is 0.278 e. The lowest BCUT2D eigenvalue weighted by Gasteiger charge is -2.12. The van der Waals surface area contributed by atoms with E-state index in [0.29, 0.717) is 29.4 Å². The van der Waals surface area contributed by atoms with Gasteiger partial charge in [0.05, 0.1) is 18.5 Å². The average Bonchev–Trinajstić information content (AvgIpc) is 2.75. The number of ether oxygens (including phenoxy) is 2. The van der Waals surface area contributed by atoms with Gasteiger partial charge in [-0.25, -0.2) is 14.4 Å². The highest BCUT2D eigenvalue weighted by atomic mass is 19.1. The second kappa shape index (κ2) is 10.2. The number of nitrogen functional groups attached to an aromatic ring is 2. The lowest BCUT2D eigenvalue weighted by molar-refractivity contribution is 0.102. The maximum absolute atomic E-state index is 14.2. The van der Waals surface area contributed by atoms with E-state index in [1.807, 2.05) is 0 Å². The zero-order valence-corrected chi connectivity index (χ0v) is 16.8. The number of pyridine rings is 1. The van der Waals surface area contributed by atoms with Gasteiger partial charge in [0, 0.05) is 31.1 Å². The predicted molar refractivity (Wildman–Crippen MR) is 114 cm³/mol. The number of nitrogens with two attached hydrogens (primary N) is 2. The number of anilines is 4. The fourth-order valence-corrected chi connectivity index (χ4v) is 2.60. The quantitative estimate of drug-likeness (QED) is 0.376. The molecule has 0 unspecified atom stereocenters. The molecule has 0 radical (unpaired) electrons. The lowest BCUT2D eigenvalue weighted by Crippen LogP contribution is -2.18. The van der Waals surface area contributed by atoms with Gasteiger partial charge in [0.25, 0.3) is 5.91 Å². The number of halogens is 1. The molecule has 0 bridgehead atoms. The molecule has 31 heavy (non-hydrogen) atoms. The predicted octanol–water partition coefficient (Wildman–Crippen LogP) is 2.06. The number of carbonyl (C=O) groups excluding carboxylic acids is 1. The van der Waals surface area contributed by atoms with Crippen LogP contribution in [0.4, 0.5) is 27.4 Å². The van der Waals surface area contributed by atoms with Gasteiger partial charge < -0.3 is 31.6 Å². The molecule has 0 fully saturated rings. The van der Waals surface area contributed by atoms with Crippen LogP contribution in [0.3, 0.4) is 0 Å². The normalized spacial score (nSPS) is 10.5. The van der Waals surface area contributed by atoms with Crippen molar-refractivity contribution in [3.63, 3.8) is 0 Å². The molecule has 1 amide bonds. The van der Waals surface area contributed by atoms with Gasteiger partial charge >= 0.3 is 0 Å². The number of benzene rings is 1. The Bertz CT molecular complexity index is 1060. The summed E-state index contributed by atoms with van der Waals surface area (Å²) < 4.78 is 24.4.